The van der Waals surface area contributed by atoms with Gasteiger partial charge in [0.15, 0.2) is 0 Å². The predicted molar refractivity (Wildman–Crippen MR) is 111 cm³/mol. The van der Waals surface area contributed by atoms with Crippen molar-refractivity contribution in [3.63, 3.8) is 0 Å². The number of aromatic nitrogens is 3. The molecule has 10 nitrogen and oxygen atoms in total. The first-order chi connectivity index (χ1) is 15.6. The number of pyridine rings is 1. The molecule has 1 aliphatic rings. The van der Waals surface area contributed by atoms with Crippen molar-refractivity contribution in [2.24, 2.45) is 0 Å². The van der Waals surface area contributed by atoms with Gasteiger partial charge in [0.1, 0.15) is 11.6 Å². The van der Waals surface area contributed by atoms with Gasteiger partial charge in [-0.25, -0.2) is 28.4 Å². The second-order valence-electron chi connectivity index (χ2n) is 7.41. The molecule has 180 valence electrons. The molecule has 1 amide bonds. The van der Waals surface area contributed by atoms with Gasteiger partial charge in [-0.05, 0) is 24.6 Å². The van der Waals surface area contributed by atoms with E-state index in [1.54, 1.807) is 11.0 Å². The molecule has 3 rings (SSSR count). The third-order valence-electron chi connectivity index (χ3n) is 5.24. The van der Waals surface area contributed by atoms with Crippen LogP contribution in [0, 0.1) is 0 Å². The summed E-state index contributed by atoms with van der Waals surface area (Å²) in [6, 6.07) is 2.82. The van der Waals surface area contributed by atoms with E-state index in [0.717, 1.165) is 12.3 Å². The predicted octanol–water partition coefficient (Wildman–Crippen LogP) is 1.19. The lowest BCUT2D eigenvalue weighted by Gasteiger charge is -2.35. The molecule has 3 heterocycles. The Kier molecular flexibility index (Phi) is 7.81. The standard InChI is InChI=1S/C19H23F3N6O4S/c20-19(21,22)15-2-5-18(25-12-15)26-8-10-27(11-9-26)33(31,32)13-16(28(30)14-29)3-4-17-23-6-1-7-24-17/h1-2,5-7,12,14,16,30H,3-4,8-11,13H2. The summed E-state index contributed by atoms with van der Waals surface area (Å²) in [5.41, 5.74) is -0.858. The quantitative estimate of drug-likeness (QED) is 0.318. The first kappa shape index (κ1) is 24.8. The topological polar surface area (TPSA) is 120 Å². The fourth-order valence-electron chi connectivity index (χ4n) is 3.42. The maximum Gasteiger partial charge on any atom is 0.417 e. The van der Waals surface area contributed by atoms with Crippen molar-refractivity contribution >= 4 is 22.3 Å². The van der Waals surface area contributed by atoms with Crippen LogP contribution in [0.3, 0.4) is 0 Å². The van der Waals surface area contributed by atoms with Crippen LogP contribution in [-0.4, -0.2) is 82.3 Å². The van der Waals surface area contributed by atoms with Crippen molar-refractivity contribution < 1.29 is 31.6 Å². The lowest BCUT2D eigenvalue weighted by Crippen LogP contribution is -2.51. The summed E-state index contributed by atoms with van der Waals surface area (Å²) in [4.78, 5) is 24.7. The molecule has 1 saturated heterocycles. The monoisotopic (exact) mass is 488 g/mol. The first-order valence-corrected chi connectivity index (χ1v) is 11.7. The average molecular weight is 488 g/mol. The molecule has 0 aliphatic carbocycles. The van der Waals surface area contributed by atoms with Crippen LogP contribution in [0.1, 0.15) is 17.8 Å². The number of carbonyl (C=O) groups excluding carboxylic acids is 1. The summed E-state index contributed by atoms with van der Waals surface area (Å²) in [5, 5.41) is 10.2. The second-order valence-corrected chi connectivity index (χ2v) is 9.42. The number of hydrogen-bond donors (Lipinski definition) is 1. The zero-order chi connectivity index (χ0) is 24.1. The van der Waals surface area contributed by atoms with Crippen molar-refractivity contribution in [2.45, 2.75) is 25.1 Å². The molecule has 0 bridgehead atoms. The van der Waals surface area contributed by atoms with Gasteiger partial charge in [0.05, 0.1) is 17.4 Å². The average Bonchev–Trinajstić information content (AvgIpc) is 2.81. The third-order valence-corrected chi connectivity index (χ3v) is 7.19. The third kappa shape index (κ3) is 6.58. The molecular formula is C19H23F3N6O4S. The summed E-state index contributed by atoms with van der Waals surface area (Å²) < 4.78 is 65.2. The number of alkyl halides is 3. The summed E-state index contributed by atoms with van der Waals surface area (Å²) in [6.45, 7) is 0.644. The van der Waals surface area contributed by atoms with Crippen molar-refractivity contribution in [1.82, 2.24) is 24.3 Å². The van der Waals surface area contributed by atoms with Crippen LogP contribution < -0.4 is 4.90 Å². The summed E-state index contributed by atoms with van der Waals surface area (Å²) >= 11 is 0. The highest BCUT2D eigenvalue weighted by Crippen LogP contribution is 2.29. The Hall–Kier alpha value is -2.84. The maximum absolute atomic E-state index is 12.9. The second kappa shape index (κ2) is 10.4. The van der Waals surface area contributed by atoms with Crippen molar-refractivity contribution in [2.75, 3.05) is 36.8 Å². The Labute approximate surface area is 188 Å². The minimum atomic E-state index is -4.48. The number of nitrogens with zero attached hydrogens (tertiary/aromatic N) is 6. The minimum absolute atomic E-state index is 0.0894. The molecule has 1 aliphatic heterocycles. The van der Waals surface area contributed by atoms with Crippen LogP contribution in [0.15, 0.2) is 36.8 Å². The molecule has 2 aromatic rings. The fourth-order valence-corrected chi connectivity index (χ4v) is 5.15. The van der Waals surface area contributed by atoms with Gasteiger partial charge in [-0.3, -0.25) is 10.0 Å². The molecule has 0 radical (unpaired) electrons. The number of anilines is 1. The summed E-state index contributed by atoms with van der Waals surface area (Å²) in [6.07, 6.45) is -0.114. The zero-order valence-electron chi connectivity index (χ0n) is 17.5. The van der Waals surface area contributed by atoms with E-state index in [1.165, 1.54) is 22.8 Å². The molecular weight excluding hydrogens is 465 g/mol. The van der Waals surface area contributed by atoms with E-state index in [2.05, 4.69) is 15.0 Å². The van der Waals surface area contributed by atoms with Gasteiger partial charge in [0, 0.05) is 51.2 Å². The number of halogens is 3. The highest BCUT2D eigenvalue weighted by Gasteiger charge is 2.33. The van der Waals surface area contributed by atoms with Gasteiger partial charge in [0.2, 0.25) is 16.4 Å². The van der Waals surface area contributed by atoms with Crippen LogP contribution in [0.5, 0.6) is 0 Å². The van der Waals surface area contributed by atoms with Gasteiger partial charge in [-0.15, -0.1) is 0 Å². The molecule has 0 spiro atoms. The first-order valence-electron chi connectivity index (χ1n) is 10.0. The van der Waals surface area contributed by atoms with Gasteiger partial charge in [-0.1, -0.05) is 0 Å². The molecule has 1 unspecified atom stereocenters. The van der Waals surface area contributed by atoms with E-state index >= 15 is 0 Å². The van der Waals surface area contributed by atoms with Crippen molar-refractivity contribution in [3.8, 4) is 0 Å². The highest BCUT2D eigenvalue weighted by atomic mass is 32.2. The number of rotatable bonds is 9. The van der Waals surface area contributed by atoms with Crippen molar-refractivity contribution in [3.05, 3.63) is 48.2 Å². The van der Waals surface area contributed by atoms with E-state index in [4.69, 9.17) is 0 Å². The highest BCUT2D eigenvalue weighted by molar-refractivity contribution is 7.89. The van der Waals surface area contributed by atoms with E-state index < -0.39 is 33.6 Å². The van der Waals surface area contributed by atoms with Crippen LogP contribution in [0.4, 0.5) is 19.0 Å². The normalized spacial score (nSPS) is 16.4. The Morgan fingerprint density at radius 3 is 2.33 bits per heavy atom. The zero-order valence-corrected chi connectivity index (χ0v) is 18.3. The number of aryl methyl sites for hydroxylation is 1. The number of hydroxylamine groups is 2. The van der Waals surface area contributed by atoms with Crippen LogP contribution >= 0.6 is 0 Å². The number of carbonyl (C=O) groups is 1. The van der Waals surface area contributed by atoms with E-state index in [9.17, 15) is 31.6 Å². The molecule has 14 heteroatoms. The number of hydrogen-bond acceptors (Lipinski definition) is 8. The van der Waals surface area contributed by atoms with E-state index in [0.29, 0.717) is 16.7 Å². The Morgan fingerprint density at radius 2 is 1.79 bits per heavy atom. The Morgan fingerprint density at radius 1 is 1.12 bits per heavy atom. The van der Waals surface area contributed by atoms with Crippen LogP contribution in [0.25, 0.3) is 0 Å². The molecule has 1 atom stereocenters. The summed E-state index contributed by atoms with van der Waals surface area (Å²) in [5.74, 6) is 0.285. The number of sulfonamides is 1. The van der Waals surface area contributed by atoms with Gasteiger partial charge in [-0.2, -0.15) is 17.5 Å². The smallest absolute Gasteiger partial charge is 0.354 e. The minimum Gasteiger partial charge on any atom is -0.354 e. The largest absolute Gasteiger partial charge is 0.417 e. The van der Waals surface area contributed by atoms with E-state index in [-0.39, 0.29) is 45.4 Å². The molecule has 0 aromatic carbocycles. The Bertz CT molecular complexity index is 1020. The molecule has 1 N–H and O–H groups in total. The SMILES string of the molecule is O=CN(O)C(CCc1ncccn1)CS(=O)(=O)N1CCN(c2ccc(C(F)(F)F)cn2)CC1. The lowest BCUT2D eigenvalue weighted by molar-refractivity contribution is -0.158. The van der Waals surface area contributed by atoms with Crippen LogP contribution in [-0.2, 0) is 27.4 Å². The number of amides is 1. The number of piperazine rings is 1. The Balaban J connectivity index is 1.59. The molecule has 0 saturated carbocycles. The lowest BCUT2D eigenvalue weighted by atomic mass is 10.2. The van der Waals surface area contributed by atoms with E-state index in [1.807, 2.05) is 0 Å². The molecule has 1 fully saturated rings. The molecule has 2 aromatic heterocycles. The van der Waals surface area contributed by atoms with Gasteiger partial charge in [0.25, 0.3) is 0 Å². The fraction of sp³-hybridized carbons (Fsp3) is 0.474. The summed E-state index contributed by atoms with van der Waals surface area (Å²) in [7, 11) is -3.84. The van der Waals surface area contributed by atoms with Crippen LogP contribution in [0.2, 0.25) is 0 Å². The van der Waals surface area contributed by atoms with Crippen molar-refractivity contribution in [1.29, 1.82) is 0 Å². The van der Waals surface area contributed by atoms with Gasteiger partial charge < -0.3 is 4.90 Å². The molecule has 33 heavy (non-hydrogen) atoms. The maximum atomic E-state index is 12.9. The van der Waals surface area contributed by atoms with Gasteiger partial charge >= 0.3 is 6.18 Å².